The molecule has 0 aliphatic carbocycles. The van der Waals surface area contributed by atoms with E-state index in [1.165, 1.54) is 0 Å². The molecular formula is C19H26N6O. The van der Waals surface area contributed by atoms with Crippen LogP contribution < -0.4 is 10.1 Å². The molecule has 138 valence electrons. The Hall–Kier alpha value is -2.67. The van der Waals surface area contributed by atoms with Crippen LogP contribution in [0, 0.1) is 0 Å². The van der Waals surface area contributed by atoms with Crippen molar-refractivity contribution in [3.8, 4) is 17.0 Å². The summed E-state index contributed by atoms with van der Waals surface area (Å²) in [5.41, 5.74) is 4.11. The van der Waals surface area contributed by atoms with E-state index in [9.17, 15) is 0 Å². The number of rotatable bonds is 6. The molecule has 2 aromatic heterocycles. The summed E-state index contributed by atoms with van der Waals surface area (Å²) >= 11 is 0. The SMILES string of the molecule is COc1cccc(-c2nn(C(C)(C)C)cc2CNCc2cnnn2C)c1. The van der Waals surface area contributed by atoms with Gasteiger partial charge in [0, 0.05) is 37.5 Å². The van der Waals surface area contributed by atoms with Crippen molar-refractivity contribution < 1.29 is 4.74 Å². The van der Waals surface area contributed by atoms with Crippen LogP contribution in [0.5, 0.6) is 5.75 Å². The molecule has 7 heteroatoms. The van der Waals surface area contributed by atoms with E-state index >= 15 is 0 Å². The topological polar surface area (TPSA) is 69.8 Å². The quantitative estimate of drug-likeness (QED) is 0.737. The van der Waals surface area contributed by atoms with Crippen LogP contribution in [-0.4, -0.2) is 31.9 Å². The molecule has 0 atom stereocenters. The minimum Gasteiger partial charge on any atom is -0.497 e. The van der Waals surface area contributed by atoms with Crippen LogP contribution in [0.15, 0.2) is 36.7 Å². The van der Waals surface area contributed by atoms with Crippen molar-refractivity contribution in [2.45, 2.75) is 39.4 Å². The van der Waals surface area contributed by atoms with E-state index in [1.807, 2.05) is 29.9 Å². The molecule has 2 heterocycles. The molecule has 0 unspecified atom stereocenters. The zero-order valence-corrected chi connectivity index (χ0v) is 16.0. The Morgan fingerprint density at radius 2 is 2.00 bits per heavy atom. The van der Waals surface area contributed by atoms with Crippen molar-refractivity contribution in [3.63, 3.8) is 0 Å². The molecule has 0 fully saturated rings. The summed E-state index contributed by atoms with van der Waals surface area (Å²) in [4.78, 5) is 0. The normalized spacial score (nSPS) is 11.7. The average Bonchev–Trinajstić information content (AvgIpc) is 3.21. The second-order valence-electron chi connectivity index (χ2n) is 7.30. The fraction of sp³-hybridized carbons (Fsp3) is 0.421. The molecule has 3 aromatic rings. The number of aryl methyl sites for hydroxylation is 1. The fourth-order valence-electron chi connectivity index (χ4n) is 2.69. The molecule has 3 rings (SSSR count). The van der Waals surface area contributed by atoms with Gasteiger partial charge >= 0.3 is 0 Å². The molecule has 0 aliphatic heterocycles. The maximum Gasteiger partial charge on any atom is 0.119 e. The summed E-state index contributed by atoms with van der Waals surface area (Å²) in [6.45, 7) is 7.84. The summed E-state index contributed by atoms with van der Waals surface area (Å²) in [6.07, 6.45) is 3.89. The van der Waals surface area contributed by atoms with Gasteiger partial charge in [-0.25, -0.2) is 0 Å². The van der Waals surface area contributed by atoms with Crippen molar-refractivity contribution in [2.75, 3.05) is 7.11 Å². The van der Waals surface area contributed by atoms with E-state index in [0.29, 0.717) is 13.1 Å². The molecule has 0 saturated heterocycles. The predicted octanol–water partition coefficient (Wildman–Crippen LogP) is 2.73. The molecule has 0 spiro atoms. The van der Waals surface area contributed by atoms with E-state index in [-0.39, 0.29) is 5.54 Å². The van der Waals surface area contributed by atoms with Gasteiger partial charge in [0.2, 0.25) is 0 Å². The third-order valence-corrected chi connectivity index (χ3v) is 4.25. The highest BCUT2D eigenvalue weighted by atomic mass is 16.5. The highest BCUT2D eigenvalue weighted by Crippen LogP contribution is 2.28. The molecule has 26 heavy (non-hydrogen) atoms. The van der Waals surface area contributed by atoms with Gasteiger partial charge in [-0.2, -0.15) is 5.10 Å². The zero-order valence-electron chi connectivity index (χ0n) is 16.0. The summed E-state index contributed by atoms with van der Waals surface area (Å²) in [7, 11) is 3.57. The number of aromatic nitrogens is 5. The number of nitrogens with one attached hydrogen (secondary N) is 1. The third-order valence-electron chi connectivity index (χ3n) is 4.25. The van der Waals surface area contributed by atoms with Gasteiger partial charge in [0.05, 0.1) is 30.2 Å². The molecule has 0 saturated carbocycles. The summed E-state index contributed by atoms with van der Waals surface area (Å²) in [5, 5.41) is 16.2. The molecular weight excluding hydrogens is 328 g/mol. The summed E-state index contributed by atoms with van der Waals surface area (Å²) in [6, 6.07) is 8.01. The van der Waals surface area contributed by atoms with Crippen LogP contribution in [0.1, 0.15) is 32.0 Å². The second kappa shape index (κ2) is 7.29. The van der Waals surface area contributed by atoms with E-state index in [2.05, 4.69) is 48.7 Å². The Labute approximate surface area is 154 Å². The summed E-state index contributed by atoms with van der Waals surface area (Å²) in [5.74, 6) is 0.827. The van der Waals surface area contributed by atoms with Crippen molar-refractivity contribution in [1.29, 1.82) is 0 Å². The van der Waals surface area contributed by atoms with Crippen molar-refractivity contribution in [3.05, 3.63) is 47.9 Å². The Kier molecular flexibility index (Phi) is 5.08. The molecule has 7 nitrogen and oxygen atoms in total. The largest absolute Gasteiger partial charge is 0.497 e. The number of methoxy groups -OCH3 is 1. The maximum absolute atomic E-state index is 5.37. The smallest absolute Gasteiger partial charge is 0.119 e. The lowest BCUT2D eigenvalue weighted by Gasteiger charge is -2.18. The lowest BCUT2D eigenvalue weighted by molar-refractivity contribution is 0.356. The molecule has 0 aliphatic rings. The molecule has 0 amide bonds. The predicted molar refractivity (Wildman–Crippen MR) is 101 cm³/mol. The van der Waals surface area contributed by atoms with E-state index in [0.717, 1.165) is 28.3 Å². The molecule has 1 N–H and O–H groups in total. The maximum atomic E-state index is 5.37. The van der Waals surface area contributed by atoms with Crippen LogP contribution in [0.3, 0.4) is 0 Å². The lowest BCUT2D eigenvalue weighted by atomic mass is 10.1. The Morgan fingerprint density at radius 1 is 1.19 bits per heavy atom. The first-order valence-corrected chi connectivity index (χ1v) is 8.66. The van der Waals surface area contributed by atoms with Crippen molar-refractivity contribution >= 4 is 0 Å². The average molecular weight is 354 g/mol. The minimum atomic E-state index is -0.0855. The number of benzene rings is 1. The van der Waals surface area contributed by atoms with Gasteiger partial charge in [-0.3, -0.25) is 9.36 Å². The number of ether oxygens (including phenoxy) is 1. The van der Waals surface area contributed by atoms with Gasteiger partial charge in [-0.05, 0) is 32.9 Å². The first-order valence-electron chi connectivity index (χ1n) is 8.66. The Balaban J connectivity index is 1.87. The lowest BCUT2D eigenvalue weighted by Crippen LogP contribution is -2.22. The highest BCUT2D eigenvalue weighted by molar-refractivity contribution is 5.64. The van der Waals surface area contributed by atoms with Gasteiger partial charge in [0.15, 0.2) is 0 Å². The van der Waals surface area contributed by atoms with Gasteiger partial charge in [0.1, 0.15) is 5.75 Å². The van der Waals surface area contributed by atoms with Gasteiger partial charge < -0.3 is 10.1 Å². The van der Waals surface area contributed by atoms with Crippen LogP contribution in [0.2, 0.25) is 0 Å². The van der Waals surface area contributed by atoms with E-state index < -0.39 is 0 Å². The molecule has 0 bridgehead atoms. The third kappa shape index (κ3) is 3.94. The zero-order chi connectivity index (χ0) is 18.7. The number of hydrogen-bond acceptors (Lipinski definition) is 5. The fourth-order valence-corrected chi connectivity index (χ4v) is 2.69. The highest BCUT2D eigenvalue weighted by Gasteiger charge is 2.19. The molecule has 1 aromatic carbocycles. The van der Waals surface area contributed by atoms with Crippen molar-refractivity contribution in [1.82, 2.24) is 30.1 Å². The monoisotopic (exact) mass is 354 g/mol. The van der Waals surface area contributed by atoms with Crippen molar-refractivity contribution in [2.24, 2.45) is 7.05 Å². The number of hydrogen-bond donors (Lipinski definition) is 1. The first-order chi connectivity index (χ1) is 12.4. The van der Waals surface area contributed by atoms with Gasteiger partial charge in [-0.15, -0.1) is 5.10 Å². The van der Waals surface area contributed by atoms with Crippen LogP contribution in [0.25, 0.3) is 11.3 Å². The summed E-state index contributed by atoms with van der Waals surface area (Å²) < 4.78 is 9.16. The van der Waals surface area contributed by atoms with E-state index in [1.54, 1.807) is 18.0 Å². The van der Waals surface area contributed by atoms with Crippen LogP contribution in [-0.2, 0) is 25.7 Å². The van der Waals surface area contributed by atoms with E-state index in [4.69, 9.17) is 9.84 Å². The molecule has 0 radical (unpaired) electrons. The Bertz CT molecular complexity index is 874. The first kappa shape index (κ1) is 18.1. The standard InChI is InChI=1S/C19H26N6O/c1-19(2,3)25-13-15(10-20-11-16-12-21-23-24(16)4)18(22-25)14-7-6-8-17(9-14)26-5/h6-9,12-13,20H,10-11H2,1-5H3. The second-order valence-corrected chi connectivity index (χ2v) is 7.30. The van der Waals surface area contributed by atoms with Gasteiger partial charge in [0.25, 0.3) is 0 Å². The minimum absolute atomic E-state index is 0.0855. The van der Waals surface area contributed by atoms with Gasteiger partial charge in [-0.1, -0.05) is 17.3 Å². The Morgan fingerprint density at radius 3 is 2.65 bits per heavy atom. The number of nitrogens with zero attached hydrogens (tertiary/aromatic N) is 5. The van der Waals surface area contributed by atoms with Crippen LogP contribution >= 0.6 is 0 Å². The van der Waals surface area contributed by atoms with Crippen LogP contribution in [0.4, 0.5) is 0 Å².